The molecular weight excluding hydrogens is 140 g/mol. The van der Waals surface area contributed by atoms with E-state index in [4.69, 9.17) is 0 Å². The molecule has 0 unspecified atom stereocenters. The van der Waals surface area contributed by atoms with Crippen molar-refractivity contribution in [3.63, 3.8) is 0 Å². The summed E-state index contributed by atoms with van der Waals surface area (Å²) >= 11 is 0. The van der Waals surface area contributed by atoms with Gasteiger partial charge >= 0.3 is 0 Å². The number of ketones is 1. The third-order valence-corrected chi connectivity index (χ3v) is 1.70. The molecule has 0 fully saturated rings. The summed E-state index contributed by atoms with van der Waals surface area (Å²) < 4.78 is 0. The first kappa shape index (κ1) is 7.92. The van der Waals surface area contributed by atoms with Gasteiger partial charge in [-0.15, -0.1) is 0 Å². The molecule has 2 nitrogen and oxygen atoms in total. The Morgan fingerprint density at radius 1 is 1.45 bits per heavy atom. The third-order valence-electron chi connectivity index (χ3n) is 1.70. The first-order valence-corrected chi connectivity index (χ1v) is 3.62. The summed E-state index contributed by atoms with van der Waals surface area (Å²) in [7, 11) is 0. The van der Waals surface area contributed by atoms with E-state index in [-0.39, 0.29) is 5.78 Å². The maximum Gasteiger partial charge on any atom is 0.160 e. The predicted molar refractivity (Wildman–Crippen MR) is 42.1 cm³/mol. The fourth-order valence-electron chi connectivity index (χ4n) is 1.15. The average Bonchev–Trinajstić information content (AvgIpc) is 2.04. The fourth-order valence-corrected chi connectivity index (χ4v) is 1.15. The van der Waals surface area contributed by atoms with Crippen LogP contribution in [0.2, 0.25) is 0 Å². The summed E-state index contributed by atoms with van der Waals surface area (Å²) in [6, 6.07) is 0. The molecule has 0 saturated carbocycles. The number of hydrogen-bond donors (Lipinski definition) is 0. The van der Waals surface area contributed by atoms with Crippen LogP contribution in [-0.4, -0.2) is 12.1 Å². The number of Topliss-reactive ketones (excluding diaryl/α,β-unsaturated/α-hetero) is 1. The molecule has 0 bridgehead atoms. The molecule has 1 aliphatic carbocycles. The summed E-state index contributed by atoms with van der Waals surface area (Å²) in [5.41, 5.74) is 1.12. The highest BCUT2D eigenvalue weighted by Gasteiger charge is 2.11. The molecule has 1 aliphatic rings. The Labute approximate surface area is 65.6 Å². The van der Waals surface area contributed by atoms with Crippen molar-refractivity contribution in [1.82, 2.24) is 0 Å². The SMILES string of the molecule is CC(=O)C1=CCCC=C1C=O. The van der Waals surface area contributed by atoms with Crippen LogP contribution in [-0.2, 0) is 9.59 Å². The van der Waals surface area contributed by atoms with Crippen LogP contribution in [0.4, 0.5) is 0 Å². The number of rotatable bonds is 2. The maximum atomic E-state index is 10.9. The second-order valence-corrected chi connectivity index (χ2v) is 2.53. The van der Waals surface area contributed by atoms with E-state index in [1.165, 1.54) is 6.92 Å². The van der Waals surface area contributed by atoms with E-state index in [0.717, 1.165) is 19.1 Å². The smallest absolute Gasteiger partial charge is 0.160 e. The zero-order valence-corrected chi connectivity index (χ0v) is 6.46. The Hall–Kier alpha value is -1.18. The van der Waals surface area contributed by atoms with E-state index >= 15 is 0 Å². The summed E-state index contributed by atoms with van der Waals surface area (Å²) in [5.74, 6) is -0.0250. The Morgan fingerprint density at radius 2 is 2.09 bits per heavy atom. The van der Waals surface area contributed by atoms with Gasteiger partial charge in [-0.25, -0.2) is 0 Å². The molecule has 0 spiro atoms. The highest BCUT2D eigenvalue weighted by Crippen LogP contribution is 2.17. The average molecular weight is 150 g/mol. The molecule has 0 aromatic carbocycles. The molecule has 1 rings (SSSR count). The number of aldehydes is 1. The maximum absolute atomic E-state index is 10.9. The van der Waals surface area contributed by atoms with E-state index in [9.17, 15) is 9.59 Å². The van der Waals surface area contributed by atoms with Gasteiger partial charge in [0.05, 0.1) is 0 Å². The van der Waals surface area contributed by atoms with E-state index in [0.29, 0.717) is 11.1 Å². The van der Waals surface area contributed by atoms with Crippen molar-refractivity contribution >= 4 is 12.1 Å². The molecule has 0 atom stereocenters. The molecule has 2 heteroatoms. The molecule has 0 amide bonds. The van der Waals surface area contributed by atoms with Crippen LogP contribution in [0.3, 0.4) is 0 Å². The van der Waals surface area contributed by atoms with E-state index < -0.39 is 0 Å². The minimum Gasteiger partial charge on any atom is -0.298 e. The molecule has 0 aliphatic heterocycles. The topological polar surface area (TPSA) is 34.1 Å². The van der Waals surface area contributed by atoms with Crippen LogP contribution >= 0.6 is 0 Å². The van der Waals surface area contributed by atoms with Gasteiger partial charge in [-0.3, -0.25) is 9.59 Å². The van der Waals surface area contributed by atoms with Crippen molar-refractivity contribution in [2.45, 2.75) is 19.8 Å². The first-order valence-electron chi connectivity index (χ1n) is 3.62. The largest absolute Gasteiger partial charge is 0.298 e. The molecule has 0 aromatic heterocycles. The van der Waals surface area contributed by atoms with Crippen LogP contribution in [0.15, 0.2) is 23.3 Å². The second kappa shape index (κ2) is 3.28. The van der Waals surface area contributed by atoms with Crippen molar-refractivity contribution in [2.75, 3.05) is 0 Å². The Balaban J connectivity index is 2.92. The lowest BCUT2D eigenvalue weighted by Gasteiger charge is -2.07. The van der Waals surface area contributed by atoms with Gasteiger partial charge in [0.25, 0.3) is 0 Å². The van der Waals surface area contributed by atoms with Crippen molar-refractivity contribution in [2.24, 2.45) is 0 Å². The fraction of sp³-hybridized carbons (Fsp3) is 0.333. The van der Waals surface area contributed by atoms with Crippen molar-refractivity contribution in [3.8, 4) is 0 Å². The van der Waals surface area contributed by atoms with Gasteiger partial charge in [0.1, 0.15) is 6.29 Å². The summed E-state index contributed by atoms with van der Waals surface area (Å²) in [4.78, 5) is 21.3. The molecule has 0 radical (unpaired) electrons. The summed E-state index contributed by atoms with van der Waals surface area (Å²) in [6.07, 6.45) is 6.11. The lowest BCUT2D eigenvalue weighted by molar-refractivity contribution is -0.114. The van der Waals surface area contributed by atoms with Crippen LogP contribution in [0.5, 0.6) is 0 Å². The molecular formula is C9H10O2. The van der Waals surface area contributed by atoms with Crippen molar-refractivity contribution in [1.29, 1.82) is 0 Å². The van der Waals surface area contributed by atoms with E-state index in [1.807, 2.05) is 12.2 Å². The van der Waals surface area contributed by atoms with E-state index in [1.54, 1.807) is 0 Å². The highest BCUT2D eigenvalue weighted by molar-refractivity contribution is 6.05. The molecule has 58 valence electrons. The van der Waals surface area contributed by atoms with Gasteiger partial charge in [-0.2, -0.15) is 0 Å². The molecule has 0 N–H and O–H groups in total. The monoisotopic (exact) mass is 150 g/mol. The highest BCUT2D eigenvalue weighted by atomic mass is 16.1. The number of hydrogen-bond acceptors (Lipinski definition) is 2. The Morgan fingerprint density at radius 3 is 2.55 bits per heavy atom. The minimum atomic E-state index is -0.0250. The zero-order chi connectivity index (χ0) is 8.27. The van der Waals surface area contributed by atoms with Gasteiger partial charge in [0.15, 0.2) is 5.78 Å². The Kier molecular flexibility index (Phi) is 2.36. The van der Waals surface area contributed by atoms with Crippen LogP contribution in [0, 0.1) is 0 Å². The lowest BCUT2D eigenvalue weighted by Crippen LogP contribution is -2.04. The van der Waals surface area contributed by atoms with E-state index in [2.05, 4.69) is 0 Å². The molecule has 0 aromatic rings. The number of carbonyl (C=O) groups is 2. The van der Waals surface area contributed by atoms with Crippen molar-refractivity contribution < 1.29 is 9.59 Å². The number of carbonyl (C=O) groups excluding carboxylic acids is 2. The quantitative estimate of drug-likeness (QED) is 0.558. The molecule has 0 saturated heterocycles. The van der Waals surface area contributed by atoms with Crippen molar-refractivity contribution in [3.05, 3.63) is 23.3 Å². The van der Waals surface area contributed by atoms with Gasteiger partial charge in [0.2, 0.25) is 0 Å². The third kappa shape index (κ3) is 1.64. The van der Waals surface area contributed by atoms with Crippen LogP contribution < -0.4 is 0 Å². The van der Waals surface area contributed by atoms with Gasteiger partial charge in [0, 0.05) is 11.1 Å². The minimum absolute atomic E-state index is 0.0250. The summed E-state index contributed by atoms with van der Waals surface area (Å²) in [5, 5.41) is 0. The molecule has 0 heterocycles. The van der Waals surface area contributed by atoms with Crippen LogP contribution in [0.25, 0.3) is 0 Å². The van der Waals surface area contributed by atoms with Gasteiger partial charge in [-0.05, 0) is 19.8 Å². The van der Waals surface area contributed by atoms with Crippen LogP contribution in [0.1, 0.15) is 19.8 Å². The standard InChI is InChI=1S/C9H10O2/c1-7(11)9-5-3-2-4-8(9)6-10/h4-6H,2-3H2,1H3. The first-order chi connectivity index (χ1) is 5.25. The van der Waals surface area contributed by atoms with Gasteiger partial charge in [-0.1, -0.05) is 12.2 Å². The predicted octanol–water partition coefficient (Wildman–Crippen LogP) is 1.42. The van der Waals surface area contributed by atoms with Gasteiger partial charge < -0.3 is 0 Å². The normalized spacial score (nSPS) is 16.8. The lowest BCUT2D eigenvalue weighted by atomic mass is 9.96. The Bertz CT molecular complexity index is 246. The summed E-state index contributed by atoms with van der Waals surface area (Å²) in [6.45, 7) is 1.48. The molecule has 11 heavy (non-hydrogen) atoms. The number of allylic oxidation sites excluding steroid dienone is 4. The zero-order valence-electron chi connectivity index (χ0n) is 6.46. The second-order valence-electron chi connectivity index (χ2n) is 2.53.